The molecule has 22 heavy (non-hydrogen) atoms. The smallest absolute Gasteiger partial charge is 0.317 e. The quantitative estimate of drug-likeness (QED) is 0.701. The lowest BCUT2D eigenvalue weighted by Gasteiger charge is -2.24. The Labute approximate surface area is 131 Å². The first-order valence-electron chi connectivity index (χ1n) is 7.13. The van der Waals surface area contributed by atoms with Gasteiger partial charge in [0.1, 0.15) is 6.33 Å². The van der Waals surface area contributed by atoms with Crippen molar-refractivity contribution >= 4 is 16.1 Å². The number of hydrogen-bond acceptors (Lipinski definition) is 5. The minimum Gasteiger partial charge on any atom is -0.317 e. The highest BCUT2D eigenvalue weighted by molar-refractivity contribution is 7.88. The molecule has 8 nitrogen and oxygen atoms in total. The van der Waals surface area contributed by atoms with Gasteiger partial charge < -0.3 is 4.90 Å². The summed E-state index contributed by atoms with van der Waals surface area (Å²) in [6.07, 6.45) is 2.72. The lowest BCUT2D eigenvalue weighted by molar-refractivity contribution is 0.188. The van der Waals surface area contributed by atoms with Gasteiger partial charge in [-0.2, -0.15) is 8.99 Å². The summed E-state index contributed by atoms with van der Waals surface area (Å²) in [5.74, 6) is 0. The molecule has 0 aliphatic carbocycles. The number of carbonyl (C=O) groups is 1. The molecule has 1 heterocycles. The van der Waals surface area contributed by atoms with Gasteiger partial charge in [-0.25, -0.2) is 18.2 Å². The van der Waals surface area contributed by atoms with E-state index in [0.717, 1.165) is 11.0 Å². The predicted molar refractivity (Wildman–Crippen MR) is 83.0 cm³/mol. The topological polar surface area (TPSA) is 88.4 Å². The molecule has 1 aromatic rings. The lowest BCUT2D eigenvalue weighted by Crippen LogP contribution is -2.40. The van der Waals surface area contributed by atoms with Gasteiger partial charge in [0.15, 0.2) is 0 Å². The minimum atomic E-state index is -3.77. The van der Waals surface area contributed by atoms with Gasteiger partial charge in [-0.05, 0) is 13.8 Å². The molecule has 0 N–H and O–H groups in total. The van der Waals surface area contributed by atoms with Gasteiger partial charge in [0.25, 0.3) is 15.2 Å². The number of nitrogens with zero attached hydrogens (tertiary/aromatic N) is 5. The van der Waals surface area contributed by atoms with Gasteiger partial charge in [-0.1, -0.05) is 19.9 Å². The Kier molecular flexibility index (Phi) is 6.24. The molecule has 0 aromatic carbocycles. The van der Waals surface area contributed by atoms with Gasteiger partial charge in [0, 0.05) is 25.7 Å². The van der Waals surface area contributed by atoms with E-state index in [9.17, 15) is 13.2 Å². The third-order valence-corrected chi connectivity index (χ3v) is 4.98. The Bertz CT molecular complexity index is 619. The van der Waals surface area contributed by atoms with Crippen molar-refractivity contribution in [1.82, 2.24) is 24.0 Å². The largest absolute Gasteiger partial charge is 0.346 e. The van der Waals surface area contributed by atoms with E-state index >= 15 is 0 Å². The standard InChI is InChI=1S/C13H23N5O3S/c1-6-9-17(11(4)5)13(19)18-10-14-12(15-18)22(20,21)16(7-2)8-3/h6,10-11H,1,7-9H2,2-5H3. The average molecular weight is 329 g/mol. The minimum absolute atomic E-state index is 0.0717. The van der Waals surface area contributed by atoms with E-state index in [4.69, 9.17) is 0 Å². The summed E-state index contributed by atoms with van der Waals surface area (Å²) in [6, 6.07) is -0.513. The summed E-state index contributed by atoms with van der Waals surface area (Å²) in [7, 11) is -3.77. The number of sulfonamides is 1. The van der Waals surface area contributed by atoms with Crippen LogP contribution in [0.3, 0.4) is 0 Å². The fourth-order valence-electron chi connectivity index (χ4n) is 1.92. The summed E-state index contributed by atoms with van der Waals surface area (Å²) in [6.45, 7) is 11.7. The Morgan fingerprint density at radius 2 is 2.00 bits per heavy atom. The van der Waals surface area contributed by atoms with Crippen LogP contribution in [0.2, 0.25) is 0 Å². The molecular formula is C13H23N5O3S. The number of carbonyl (C=O) groups excluding carboxylic acids is 1. The highest BCUT2D eigenvalue weighted by atomic mass is 32.2. The molecule has 1 aromatic heterocycles. The van der Waals surface area contributed by atoms with Crippen molar-refractivity contribution in [2.75, 3.05) is 19.6 Å². The van der Waals surface area contributed by atoms with E-state index < -0.39 is 16.1 Å². The summed E-state index contributed by atoms with van der Waals surface area (Å²) in [5, 5.41) is 3.47. The molecule has 0 fully saturated rings. The van der Waals surface area contributed by atoms with Gasteiger partial charge in [-0.15, -0.1) is 11.7 Å². The Morgan fingerprint density at radius 1 is 1.41 bits per heavy atom. The van der Waals surface area contributed by atoms with Crippen molar-refractivity contribution < 1.29 is 13.2 Å². The number of amides is 1. The number of rotatable bonds is 7. The van der Waals surface area contributed by atoms with E-state index in [1.165, 1.54) is 9.21 Å². The molecule has 0 radical (unpaired) electrons. The van der Waals surface area contributed by atoms with E-state index in [-0.39, 0.29) is 11.2 Å². The molecule has 1 rings (SSSR count). The van der Waals surface area contributed by atoms with Crippen LogP contribution in [0, 0.1) is 0 Å². The SMILES string of the molecule is C=CCN(C(=O)n1cnc(S(=O)(=O)N(CC)CC)n1)C(C)C. The first-order chi connectivity index (χ1) is 10.3. The van der Waals surface area contributed by atoms with Crippen molar-refractivity contribution in [3.8, 4) is 0 Å². The van der Waals surface area contributed by atoms with Crippen LogP contribution in [0.25, 0.3) is 0 Å². The Balaban J connectivity index is 3.10. The van der Waals surface area contributed by atoms with E-state index in [0.29, 0.717) is 19.6 Å². The van der Waals surface area contributed by atoms with Crippen molar-refractivity contribution in [2.24, 2.45) is 0 Å². The van der Waals surface area contributed by atoms with Crippen LogP contribution >= 0.6 is 0 Å². The predicted octanol–water partition coefficient (Wildman–Crippen LogP) is 1.17. The van der Waals surface area contributed by atoms with Gasteiger partial charge >= 0.3 is 6.03 Å². The fraction of sp³-hybridized carbons (Fsp3) is 0.615. The normalized spacial score (nSPS) is 11.9. The molecule has 0 bridgehead atoms. The van der Waals surface area contributed by atoms with Gasteiger partial charge in [-0.3, -0.25) is 0 Å². The zero-order valence-electron chi connectivity index (χ0n) is 13.4. The molecule has 1 amide bonds. The first kappa shape index (κ1) is 18.3. The summed E-state index contributed by atoms with van der Waals surface area (Å²) in [5.41, 5.74) is 0. The van der Waals surface area contributed by atoms with Crippen molar-refractivity contribution in [1.29, 1.82) is 0 Å². The summed E-state index contributed by atoms with van der Waals surface area (Å²) < 4.78 is 26.8. The monoisotopic (exact) mass is 329 g/mol. The highest BCUT2D eigenvalue weighted by Crippen LogP contribution is 2.11. The number of hydrogen-bond donors (Lipinski definition) is 0. The maximum Gasteiger partial charge on any atom is 0.346 e. The van der Waals surface area contributed by atoms with E-state index in [2.05, 4.69) is 16.7 Å². The van der Waals surface area contributed by atoms with E-state index in [1.54, 1.807) is 19.9 Å². The molecule has 124 valence electrons. The third kappa shape index (κ3) is 3.72. The Morgan fingerprint density at radius 3 is 2.45 bits per heavy atom. The molecule has 0 spiro atoms. The van der Waals surface area contributed by atoms with Crippen LogP contribution in [-0.4, -0.2) is 64.1 Å². The van der Waals surface area contributed by atoms with Crippen molar-refractivity contribution in [2.45, 2.75) is 38.9 Å². The highest BCUT2D eigenvalue weighted by Gasteiger charge is 2.28. The second kappa shape index (κ2) is 7.50. The van der Waals surface area contributed by atoms with E-state index in [1.807, 2.05) is 13.8 Å². The van der Waals surface area contributed by atoms with Crippen LogP contribution in [0.1, 0.15) is 27.7 Å². The zero-order chi connectivity index (χ0) is 16.9. The van der Waals surface area contributed by atoms with Gasteiger partial charge in [0.2, 0.25) is 0 Å². The first-order valence-corrected chi connectivity index (χ1v) is 8.57. The fourth-order valence-corrected chi connectivity index (χ4v) is 3.20. The molecule has 0 unspecified atom stereocenters. The molecule has 0 atom stereocenters. The number of aromatic nitrogens is 3. The second-order valence-electron chi connectivity index (χ2n) is 4.88. The molecule has 0 aliphatic heterocycles. The van der Waals surface area contributed by atoms with Crippen LogP contribution < -0.4 is 0 Å². The molecule has 0 aliphatic rings. The second-order valence-corrected chi connectivity index (χ2v) is 6.71. The molecular weight excluding hydrogens is 306 g/mol. The van der Waals surface area contributed by atoms with Gasteiger partial charge in [0.05, 0.1) is 0 Å². The lowest BCUT2D eigenvalue weighted by atomic mass is 10.3. The average Bonchev–Trinajstić information content (AvgIpc) is 2.95. The zero-order valence-corrected chi connectivity index (χ0v) is 14.2. The Hall–Kier alpha value is -1.74. The maximum absolute atomic E-state index is 12.4. The maximum atomic E-state index is 12.4. The molecule has 9 heteroatoms. The van der Waals surface area contributed by atoms with Crippen LogP contribution in [0.5, 0.6) is 0 Å². The third-order valence-electron chi connectivity index (χ3n) is 3.14. The summed E-state index contributed by atoms with van der Waals surface area (Å²) in [4.78, 5) is 17.6. The van der Waals surface area contributed by atoms with Crippen molar-refractivity contribution in [3.05, 3.63) is 19.0 Å². The van der Waals surface area contributed by atoms with Crippen LogP contribution in [0.4, 0.5) is 4.79 Å². The summed E-state index contributed by atoms with van der Waals surface area (Å²) >= 11 is 0. The van der Waals surface area contributed by atoms with Crippen molar-refractivity contribution in [3.63, 3.8) is 0 Å². The van der Waals surface area contributed by atoms with Crippen LogP contribution in [0.15, 0.2) is 24.1 Å². The molecule has 0 saturated carbocycles. The van der Waals surface area contributed by atoms with Crippen LogP contribution in [-0.2, 0) is 10.0 Å². The molecule has 0 saturated heterocycles.